The Morgan fingerprint density at radius 3 is 2.73 bits per heavy atom. The van der Waals surface area contributed by atoms with E-state index in [9.17, 15) is 9.18 Å². The Hall–Kier alpha value is -3.09. The summed E-state index contributed by atoms with van der Waals surface area (Å²) >= 11 is 0. The second-order valence-corrected chi connectivity index (χ2v) is 4.58. The van der Waals surface area contributed by atoms with E-state index in [1.54, 1.807) is 43.6 Å². The van der Waals surface area contributed by atoms with Crippen LogP contribution in [-0.2, 0) is 0 Å². The van der Waals surface area contributed by atoms with Crippen LogP contribution in [0.2, 0.25) is 0 Å². The maximum Gasteiger partial charge on any atom is 0.316 e. The zero-order valence-electron chi connectivity index (χ0n) is 11.6. The van der Waals surface area contributed by atoms with Crippen molar-refractivity contribution in [2.75, 3.05) is 5.32 Å². The van der Waals surface area contributed by atoms with E-state index >= 15 is 0 Å². The van der Waals surface area contributed by atoms with Gasteiger partial charge in [0.15, 0.2) is 0 Å². The molecule has 7 heteroatoms. The van der Waals surface area contributed by atoms with Crippen LogP contribution in [0.4, 0.5) is 10.1 Å². The first kappa shape index (κ1) is 13.9. The average Bonchev–Trinajstić information content (AvgIpc) is 3.02. The fourth-order valence-electron chi connectivity index (χ4n) is 1.79. The first-order valence-electron chi connectivity index (χ1n) is 6.45. The van der Waals surface area contributed by atoms with Crippen LogP contribution in [0, 0.1) is 12.7 Å². The largest absolute Gasteiger partial charge is 0.328 e. The summed E-state index contributed by atoms with van der Waals surface area (Å²) in [5, 5.41) is 6.24. The molecule has 0 spiro atoms. The van der Waals surface area contributed by atoms with Crippen molar-refractivity contribution in [1.82, 2.24) is 15.1 Å². The molecule has 0 aliphatic heterocycles. The van der Waals surface area contributed by atoms with E-state index in [0.717, 1.165) is 0 Å². The second-order valence-electron chi connectivity index (χ2n) is 4.58. The first-order valence-corrected chi connectivity index (χ1v) is 6.45. The van der Waals surface area contributed by atoms with Crippen molar-refractivity contribution < 1.29 is 13.7 Å². The molecular weight excluding hydrogens is 287 g/mol. The normalized spacial score (nSPS) is 10.5. The molecule has 0 aliphatic rings. The number of anilines is 1. The molecule has 2 aromatic heterocycles. The Morgan fingerprint density at radius 2 is 2.00 bits per heavy atom. The summed E-state index contributed by atoms with van der Waals surface area (Å²) < 4.78 is 18.4. The van der Waals surface area contributed by atoms with E-state index in [-0.39, 0.29) is 11.7 Å². The van der Waals surface area contributed by atoms with Gasteiger partial charge >= 0.3 is 11.8 Å². The fraction of sp³-hybridized carbons (Fsp3) is 0.0667. The molecule has 0 unspecified atom stereocenters. The monoisotopic (exact) mass is 298 g/mol. The molecule has 0 atom stereocenters. The highest BCUT2D eigenvalue weighted by Gasteiger charge is 2.16. The molecule has 1 aromatic carbocycles. The minimum Gasteiger partial charge on any atom is -0.328 e. The van der Waals surface area contributed by atoms with Gasteiger partial charge in [-0.2, -0.15) is 4.98 Å². The predicted octanol–water partition coefficient (Wildman–Crippen LogP) is 2.83. The SMILES string of the molecule is Cc1ccc(NC(=O)c2nc(-c3ccncc3)no2)cc1F. The molecular formula is C15H11FN4O2. The molecule has 0 fully saturated rings. The Labute approximate surface area is 125 Å². The van der Waals surface area contributed by atoms with Gasteiger partial charge in [-0.05, 0) is 36.8 Å². The van der Waals surface area contributed by atoms with E-state index in [4.69, 9.17) is 4.52 Å². The van der Waals surface area contributed by atoms with Gasteiger partial charge in [0, 0.05) is 23.6 Å². The van der Waals surface area contributed by atoms with Gasteiger partial charge in [0.25, 0.3) is 0 Å². The number of benzene rings is 1. The van der Waals surface area contributed by atoms with Crippen molar-refractivity contribution in [2.45, 2.75) is 6.92 Å². The van der Waals surface area contributed by atoms with Crippen molar-refractivity contribution in [2.24, 2.45) is 0 Å². The predicted molar refractivity (Wildman–Crippen MR) is 76.6 cm³/mol. The van der Waals surface area contributed by atoms with E-state index in [2.05, 4.69) is 20.4 Å². The number of aryl methyl sites for hydroxylation is 1. The van der Waals surface area contributed by atoms with E-state index in [1.165, 1.54) is 6.07 Å². The van der Waals surface area contributed by atoms with Crippen molar-refractivity contribution >= 4 is 11.6 Å². The number of nitrogens with one attached hydrogen (secondary N) is 1. The van der Waals surface area contributed by atoms with Gasteiger partial charge in [-0.3, -0.25) is 9.78 Å². The Bertz CT molecular complexity index is 817. The van der Waals surface area contributed by atoms with Crippen LogP contribution >= 0.6 is 0 Å². The minimum absolute atomic E-state index is 0.201. The van der Waals surface area contributed by atoms with Crippen LogP contribution in [0.1, 0.15) is 16.2 Å². The number of nitrogens with zero attached hydrogens (tertiary/aromatic N) is 3. The van der Waals surface area contributed by atoms with Gasteiger partial charge in [-0.15, -0.1) is 0 Å². The van der Waals surface area contributed by atoms with E-state index in [0.29, 0.717) is 16.8 Å². The summed E-state index contributed by atoms with van der Waals surface area (Å²) in [5.74, 6) is -0.924. The number of carbonyl (C=O) groups excluding carboxylic acids is 1. The summed E-state index contributed by atoms with van der Waals surface area (Å²) in [4.78, 5) is 19.9. The number of halogens is 1. The molecule has 3 rings (SSSR count). The van der Waals surface area contributed by atoms with E-state index < -0.39 is 11.7 Å². The highest BCUT2D eigenvalue weighted by Crippen LogP contribution is 2.16. The average molecular weight is 298 g/mol. The lowest BCUT2D eigenvalue weighted by atomic mass is 10.2. The molecule has 6 nitrogen and oxygen atoms in total. The smallest absolute Gasteiger partial charge is 0.316 e. The molecule has 2 heterocycles. The van der Waals surface area contributed by atoms with Crippen LogP contribution in [0.5, 0.6) is 0 Å². The number of rotatable bonds is 3. The zero-order valence-corrected chi connectivity index (χ0v) is 11.6. The number of amides is 1. The Kier molecular flexibility index (Phi) is 3.61. The van der Waals surface area contributed by atoms with Gasteiger partial charge in [-0.25, -0.2) is 4.39 Å². The lowest BCUT2D eigenvalue weighted by Gasteiger charge is -2.03. The third-order valence-corrected chi connectivity index (χ3v) is 2.99. The summed E-state index contributed by atoms with van der Waals surface area (Å²) in [6, 6.07) is 7.79. The Morgan fingerprint density at radius 1 is 1.23 bits per heavy atom. The van der Waals surface area contributed by atoms with Gasteiger partial charge in [0.05, 0.1) is 0 Å². The third-order valence-electron chi connectivity index (χ3n) is 2.99. The molecule has 0 aliphatic carbocycles. The number of carbonyl (C=O) groups is 1. The van der Waals surface area contributed by atoms with Crippen LogP contribution < -0.4 is 5.32 Å². The first-order chi connectivity index (χ1) is 10.6. The number of aromatic nitrogens is 3. The minimum atomic E-state index is -0.601. The number of hydrogen-bond donors (Lipinski definition) is 1. The molecule has 1 amide bonds. The number of pyridine rings is 1. The molecule has 1 N–H and O–H groups in total. The van der Waals surface area contributed by atoms with E-state index in [1.807, 2.05) is 0 Å². The fourth-order valence-corrected chi connectivity index (χ4v) is 1.79. The maximum atomic E-state index is 13.4. The Balaban J connectivity index is 1.78. The summed E-state index contributed by atoms with van der Waals surface area (Å²) in [6.45, 7) is 1.64. The topological polar surface area (TPSA) is 80.9 Å². The lowest BCUT2D eigenvalue weighted by Crippen LogP contribution is -2.12. The number of hydrogen-bond acceptors (Lipinski definition) is 5. The summed E-state index contributed by atoms with van der Waals surface area (Å²) in [6.07, 6.45) is 3.17. The molecule has 0 saturated carbocycles. The standard InChI is InChI=1S/C15H11FN4O2/c1-9-2-3-11(8-12(9)16)18-14(21)15-19-13(20-22-15)10-4-6-17-7-5-10/h2-8H,1H3,(H,18,21). The third kappa shape index (κ3) is 2.83. The van der Waals surface area contributed by atoms with Crippen molar-refractivity contribution in [1.29, 1.82) is 0 Å². The molecule has 110 valence electrons. The molecule has 0 bridgehead atoms. The van der Waals surface area contributed by atoms with Gasteiger partial charge in [-0.1, -0.05) is 11.2 Å². The van der Waals surface area contributed by atoms with Crippen LogP contribution in [-0.4, -0.2) is 21.0 Å². The maximum absolute atomic E-state index is 13.4. The lowest BCUT2D eigenvalue weighted by molar-refractivity contribution is 0.0981. The van der Waals surface area contributed by atoms with Gasteiger partial charge in [0.1, 0.15) is 5.82 Å². The molecule has 0 radical (unpaired) electrons. The highest BCUT2D eigenvalue weighted by atomic mass is 19.1. The zero-order chi connectivity index (χ0) is 15.5. The van der Waals surface area contributed by atoms with Gasteiger partial charge in [0.2, 0.25) is 5.82 Å². The molecule has 3 aromatic rings. The quantitative estimate of drug-likeness (QED) is 0.804. The van der Waals surface area contributed by atoms with Crippen LogP contribution in [0.3, 0.4) is 0 Å². The highest BCUT2D eigenvalue weighted by molar-refractivity contribution is 6.01. The molecule has 22 heavy (non-hydrogen) atoms. The second kappa shape index (κ2) is 5.72. The van der Waals surface area contributed by atoms with Crippen molar-refractivity contribution in [3.8, 4) is 11.4 Å². The van der Waals surface area contributed by atoms with Crippen molar-refractivity contribution in [3.05, 3.63) is 60.0 Å². The summed E-state index contributed by atoms with van der Waals surface area (Å²) in [5.41, 5.74) is 1.49. The van der Waals surface area contributed by atoms with Gasteiger partial charge < -0.3 is 9.84 Å². The summed E-state index contributed by atoms with van der Waals surface area (Å²) in [7, 11) is 0. The van der Waals surface area contributed by atoms with Crippen LogP contribution in [0.15, 0.2) is 47.2 Å². The van der Waals surface area contributed by atoms with Crippen LogP contribution in [0.25, 0.3) is 11.4 Å². The van der Waals surface area contributed by atoms with Crippen molar-refractivity contribution in [3.63, 3.8) is 0 Å². The molecule has 0 saturated heterocycles.